The van der Waals surface area contributed by atoms with E-state index >= 15 is 0 Å². The second-order valence-corrected chi connectivity index (χ2v) is 11.3. The summed E-state index contributed by atoms with van der Waals surface area (Å²) in [5, 5.41) is 8.75. The highest BCUT2D eigenvalue weighted by Gasteiger charge is 2.47. The highest BCUT2D eigenvalue weighted by molar-refractivity contribution is 7.88. The Labute approximate surface area is 202 Å². The molecule has 0 atom stereocenters. The van der Waals surface area contributed by atoms with Crippen LogP contribution in [-0.4, -0.2) is 47.1 Å². The quantitative estimate of drug-likeness (QED) is 0.454. The molecular weight excluding hydrogens is 474 g/mol. The minimum atomic E-state index is -3.35. The smallest absolute Gasteiger partial charge is 0.276 e. The number of amides is 2. The molecule has 186 valence electrons. The van der Waals surface area contributed by atoms with Crippen LogP contribution in [0.5, 0.6) is 0 Å². The van der Waals surface area contributed by atoms with Crippen molar-refractivity contribution in [1.82, 2.24) is 24.6 Å². The van der Waals surface area contributed by atoms with E-state index in [2.05, 4.69) is 30.6 Å². The number of hydrogen-bond acceptors (Lipinski definition) is 8. The summed E-state index contributed by atoms with van der Waals surface area (Å²) in [6.45, 7) is 1.76. The number of sulfonamides is 1. The van der Waals surface area contributed by atoms with E-state index in [9.17, 15) is 22.8 Å². The van der Waals surface area contributed by atoms with Crippen LogP contribution in [0, 0.1) is 12.8 Å². The molecule has 1 aliphatic heterocycles. The van der Waals surface area contributed by atoms with Crippen molar-refractivity contribution in [2.75, 3.05) is 16.9 Å². The fourth-order valence-corrected chi connectivity index (χ4v) is 5.76. The topological polar surface area (TPSA) is 164 Å². The first-order valence-corrected chi connectivity index (χ1v) is 13.4. The summed E-state index contributed by atoms with van der Waals surface area (Å²) in [6, 6.07) is 2.91. The lowest BCUT2D eigenvalue weighted by molar-refractivity contribution is -0.117. The van der Waals surface area contributed by atoms with Crippen molar-refractivity contribution >= 4 is 39.2 Å². The largest absolute Gasteiger partial charge is 0.336 e. The molecule has 0 bridgehead atoms. The van der Waals surface area contributed by atoms with Crippen LogP contribution in [-0.2, 0) is 20.5 Å². The van der Waals surface area contributed by atoms with E-state index in [1.165, 1.54) is 10.9 Å². The molecule has 2 aromatic heterocycles. The molecule has 3 aliphatic rings. The van der Waals surface area contributed by atoms with E-state index in [4.69, 9.17) is 0 Å². The zero-order chi connectivity index (χ0) is 25.0. The van der Waals surface area contributed by atoms with Crippen molar-refractivity contribution in [2.45, 2.75) is 57.2 Å². The minimum absolute atomic E-state index is 0.0225. The van der Waals surface area contributed by atoms with E-state index in [-0.39, 0.29) is 35.0 Å². The molecule has 2 saturated carbocycles. The van der Waals surface area contributed by atoms with Gasteiger partial charge in [-0.2, -0.15) is 0 Å². The van der Waals surface area contributed by atoms with Gasteiger partial charge < -0.3 is 16.0 Å². The Morgan fingerprint density at radius 2 is 1.80 bits per heavy atom. The van der Waals surface area contributed by atoms with Gasteiger partial charge in [0, 0.05) is 18.0 Å². The number of fused-ring (bicyclic) bond motifs is 2. The van der Waals surface area contributed by atoms with Gasteiger partial charge in [0.05, 0.1) is 6.26 Å². The second-order valence-electron chi connectivity index (χ2n) is 9.56. The molecule has 0 saturated heterocycles. The predicted octanol–water partition coefficient (Wildman–Crippen LogP) is 0.927. The molecule has 0 unspecified atom stereocenters. The van der Waals surface area contributed by atoms with Gasteiger partial charge in [-0.1, -0.05) is 0 Å². The number of carbonyl (C=O) groups is 2. The molecule has 3 heterocycles. The Hall–Kier alpha value is -3.32. The van der Waals surface area contributed by atoms with E-state index < -0.39 is 15.7 Å². The van der Waals surface area contributed by atoms with Crippen molar-refractivity contribution in [3.8, 4) is 0 Å². The number of pyridine rings is 1. The number of nitrogens with zero attached hydrogens (tertiary/aromatic N) is 3. The summed E-state index contributed by atoms with van der Waals surface area (Å²) in [5.74, 6) is 0.274. The predicted molar refractivity (Wildman–Crippen MR) is 128 cm³/mol. The van der Waals surface area contributed by atoms with Gasteiger partial charge in [-0.3, -0.25) is 19.0 Å². The van der Waals surface area contributed by atoms with Gasteiger partial charge in [-0.05, 0) is 57.1 Å². The number of aryl methyl sites for hydroxylation is 1. The summed E-state index contributed by atoms with van der Waals surface area (Å²) < 4.78 is 27.4. The molecule has 2 fully saturated rings. The lowest BCUT2D eigenvalue weighted by Crippen LogP contribution is -2.52. The van der Waals surface area contributed by atoms with Crippen LogP contribution in [0.2, 0.25) is 0 Å². The summed E-state index contributed by atoms with van der Waals surface area (Å²) in [7, 11) is -3.35. The van der Waals surface area contributed by atoms with Crippen LogP contribution in [0.15, 0.2) is 23.3 Å². The number of nitrogens with one attached hydrogen (secondary N) is 4. The number of hydrogen-bond donors (Lipinski definition) is 4. The molecule has 2 aliphatic carbocycles. The van der Waals surface area contributed by atoms with Crippen LogP contribution in [0.3, 0.4) is 0 Å². The third-order valence-electron chi connectivity index (χ3n) is 6.70. The average Bonchev–Trinajstić information content (AvgIpc) is 3.58. The molecule has 1 spiro atoms. The standard InChI is InChI=1S/C22H27N7O5S/c1-12-9-15(25-16-10-17(24-11-23-16)26-19(30)13-3-4-13)21(32)29-18(12)20(31)27-22(29)7-5-14(6-8-22)28-35(2,33)34/h9-11,13-14,28H,3-8H2,1-2H3,(H,27,31)(H2,23,24,25,26,30). The minimum Gasteiger partial charge on any atom is -0.336 e. The van der Waals surface area contributed by atoms with Gasteiger partial charge in [0.2, 0.25) is 15.9 Å². The summed E-state index contributed by atoms with van der Waals surface area (Å²) >= 11 is 0. The maximum absolute atomic E-state index is 13.6. The molecule has 4 N–H and O–H groups in total. The Morgan fingerprint density at radius 3 is 2.46 bits per heavy atom. The summed E-state index contributed by atoms with van der Waals surface area (Å²) in [5.41, 5.74) is -0.155. The van der Waals surface area contributed by atoms with E-state index in [0.29, 0.717) is 48.6 Å². The highest BCUT2D eigenvalue weighted by atomic mass is 32.2. The van der Waals surface area contributed by atoms with Gasteiger partial charge in [-0.15, -0.1) is 0 Å². The second kappa shape index (κ2) is 8.41. The third kappa shape index (κ3) is 4.65. The maximum Gasteiger partial charge on any atom is 0.276 e. The van der Waals surface area contributed by atoms with Gasteiger partial charge in [0.25, 0.3) is 11.5 Å². The number of anilines is 3. The van der Waals surface area contributed by atoms with Crippen molar-refractivity contribution in [2.24, 2.45) is 5.92 Å². The van der Waals surface area contributed by atoms with E-state index in [1.54, 1.807) is 19.1 Å². The monoisotopic (exact) mass is 501 g/mol. The zero-order valence-electron chi connectivity index (χ0n) is 19.4. The van der Waals surface area contributed by atoms with Gasteiger partial charge in [0.15, 0.2) is 0 Å². The highest BCUT2D eigenvalue weighted by Crippen LogP contribution is 2.38. The Kier molecular flexibility index (Phi) is 5.63. The molecule has 13 heteroatoms. The van der Waals surface area contributed by atoms with Crippen LogP contribution in [0.25, 0.3) is 0 Å². The van der Waals surface area contributed by atoms with Crippen molar-refractivity contribution in [1.29, 1.82) is 0 Å². The first-order chi connectivity index (χ1) is 16.5. The van der Waals surface area contributed by atoms with Crippen molar-refractivity contribution < 1.29 is 18.0 Å². The van der Waals surface area contributed by atoms with Crippen molar-refractivity contribution in [3.05, 3.63) is 40.1 Å². The Morgan fingerprint density at radius 1 is 1.11 bits per heavy atom. The van der Waals surface area contributed by atoms with Crippen LogP contribution in [0.4, 0.5) is 17.3 Å². The number of aromatic nitrogens is 3. The summed E-state index contributed by atoms with van der Waals surface area (Å²) in [6.07, 6.45) is 5.92. The Balaban J connectivity index is 1.43. The first kappa shape index (κ1) is 23.4. The van der Waals surface area contributed by atoms with Crippen LogP contribution < -0.4 is 26.2 Å². The summed E-state index contributed by atoms with van der Waals surface area (Å²) in [4.78, 5) is 46.7. The lowest BCUT2D eigenvalue weighted by Gasteiger charge is -2.38. The third-order valence-corrected chi connectivity index (χ3v) is 7.47. The van der Waals surface area contributed by atoms with Crippen molar-refractivity contribution in [3.63, 3.8) is 0 Å². The molecule has 12 nitrogen and oxygen atoms in total. The molecule has 0 aromatic carbocycles. The normalized spacial score (nSPS) is 23.6. The fraction of sp³-hybridized carbons (Fsp3) is 0.500. The lowest BCUT2D eigenvalue weighted by atomic mass is 9.86. The Bertz CT molecular complexity index is 1380. The molecule has 2 amide bonds. The van der Waals surface area contributed by atoms with Gasteiger partial charge in [-0.25, -0.2) is 23.1 Å². The number of rotatable bonds is 6. The molecule has 5 rings (SSSR count). The zero-order valence-corrected chi connectivity index (χ0v) is 20.2. The maximum atomic E-state index is 13.6. The molecular formula is C22H27N7O5S. The van der Waals surface area contributed by atoms with E-state index in [0.717, 1.165) is 19.1 Å². The van der Waals surface area contributed by atoms with Crippen LogP contribution in [0.1, 0.15) is 54.6 Å². The van der Waals surface area contributed by atoms with Gasteiger partial charge in [0.1, 0.15) is 35.0 Å². The average molecular weight is 502 g/mol. The molecule has 2 aromatic rings. The molecule has 35 heavy (non-hydrogen) atoms. The fourth-order valence-electron chi connectivity index (χ4n) is 4.92. The van der Waals surface area contributed by atoms with Crippen LogP contribution >= 0.6 is 0 Å². The SMILES string of the molecule is Cc1cc(Nc2cc(NC(=O)C3CC3)ncn2)c(=O)n2c1C(=O)NC21CCC(NS(C)(=O)=O)CC1. The molecule has 0 radical (unpaired) electrons. The number of carbonyl (C=O) groups excluding carboxylic acids is 2. The van der Waals surface area contributed by atoms with Gasteiger partial charge >= 0.3 is 0 Å². The van der Waals surface area contributed by atoms with E-state index in [1.807, 2.05) is 0 Å². The first-order valence-electron chi connectivity index (χ1n) is 11.5.